The fourth-order valence-corrected chi connectivity index (χ4v) is 21.5. The monoisotopic (exact) mass is 742 g/mol. The Kier molecular flexibility index (Phi) is 13.1. The molecule has 48 heavy (non-hydrogen) atoms. The molecule has 4 aliphatic heterocycles. The van der Waals surface area contributed by atoms with Gasteiger partial charge in [0.1, 0.15) is 18.3 Å². The molecule has 7 atom stereocenters. The quantitative estimate of drug-likeness (QED) is 0.0840. The SMILES string of the molecule is CCC(OCC1CO1)[Si](C)(C)OC1(O[Si](C)(C)C(CC)OCC2CO2)CCC[Si](O[Si](C)(C)C(CC)OCC2CO2)(c2ccccc2)O1. The number of epoxide rings is 3. The van der Waals surface area contributed by atoms with Crippen molar-refractivity contribution in [2.24, 2.45) is 0 Å². The highest BCUT2D eigenvalue weighted by Crippen LogP contribution is 2.43. The molecule has 1 aromatic carbocycles. The van der Waals surface area contributed by atoms with E-state index in [9.17, 15) is 0 Å². The number of hydrogen-bond acceptors (Lipinski definition) is 10. The largest absolute Gasteiger partial charge is 0.430 e. The third kappa shape index (κ3) is 10.4. The Morgan fingerprint density at radius 3 is 1.50 bits per heavy atom. The normalized spacial score (nSPS) is 30.9. The van der Waals surface area contributed by atoms with Crippen LogP contribution in [0.2, 0.25) is 45.3 Å². The van der Waals surface area contributed by atoms with Gasteiger partial charge in [-0.05, 0) is 76.2 Å². The molecule has 0 saturated carbocycles. The summed E-state index contributed by atoms with van der Waals surface area (Å²) in [5, 5.41) is 1.10. The molecule has 0 spiro atoms. The summed E-state index contributed by atoms with van der Waals surface area (Å²) >= 11 is 0. The smallest absolute Gasteiger partial charge is 0.366 e. The van der Waals surface area contributed by atoms with E-state index in [0.717, 1.165) is 56.7 Å². The van der Waals surface area contributed by atoms with Crippen LogP contribution in [-0.2, 0) is 45.8 Å². The second kappa shape index (κ2) is 16.1. The fourth-order valence-electron chi connectivity index (χ4n) is 7.10. The topological polar surface area (TPSA) is 102 Å². The minimum Gasteiger partial charge on any atom is -0.430 e. The molecule has 0 radical (unpaired) electrons. The van der Waals surface area contributed by atoms with Gasteiger partial charge in [-0.3, -0.25) is 0 Å². The predicted octanol–water partition coefficient (Wildman–Crippen LogP) is 5.66. The van der Waals surface area contributed by atoms with E-state index in [1.807, 2.05) is 0 Å². The molecule has 4 heterocycles. The van der Waals surface area contributed by atoms with Gasteiger partial charge in [-0.15, -0.1) is 0 Å². The highest BCUT2D eigenvalue weighted by Gasteiger charge is 2.60. The highest BCUT2D eigenvalue weighted by molar-refractivity contribution is 6.90. The number of benzene rings is 1. The van der Waals surface area contributed by atoms with Gasteiger partial charge in [-0.2, -0.15) is 0 Å². The maximum absolute atomic E-state index is 7.59. The Morgan fingerprint density at radius 2 is 1.10 bits per heavy atom. The lowest BCUT2D eigenvalue weighted by Crippen LogP contribution is -2.71. The molecule has 4 fully saturated rings. The third-order valence-corrected chi connectivity index (χ3v) is 24.2. The van der Waals surface area contributed by atoms with E-state index in [1.54, 1.807) is 0 Å². The molecule has 7 unspecified atom stereocenters. The van der Waals surface area contributed by atoms with Gasteiger partial charge < -0.3 is 45.8 Å². The minimum atomic E-state index is -3.17. The van der Waals surface area contributed by atoms with Gasteiger partial charge >= 0.3 is 8.56 Å². The van der Waals surface area contributed by atoms with Gasteiger partial charge in [0.15, 0.2) is 0 Å². The number of ether oxygens (including phenoxy) is 6. The van der Waals surface area contributed by atoms with Gasteiger partial charge in [0.2, 0.25) is 25.0 Å². The second-order valence-electron chi connectivity index (χ2n) is 15.4. The Bertz CT molecular complexity index is 1110. The standard InChI is InChI=1S/C34H62O10Si4/c1-10-31(38-24-27-21-35-27)45(4,5)41-34(42-46(6,7)32(11-2)39-25-28-22-36-28)19-16-20-48(43-34,30-17-14-13-15-18-30)44-47(8,9)33(12-3)40-26-29-23-37-29/h13-15,17-18,27-29,31-33H,10-12,16,19-26H2,1-9H3. The lowest BCUT2D eigenvalue weighted by atomic mass is 10.3. The Labute approximate surface area is 293 Å². The van der Waals surface area contributed by atoms with Gasteiger partial charge in [0, 0.05) is 6.42 Å². The first-order valence-corrected chi connectivity index (χ1v) is 29.3. The van der Waals surface area contributed by atoms with Crippen LogP contribution < -0.4 is 5.19 Å². The zero-order chi connectivity index (χ0) is 34.6. The fraction of sp³-hybridized carbons (Fsp3) is 0.824. The lowest BCUT2D eigenvalue weighted by molar-refractivity contribution is -0.289. The maximum atomic E-state index is 7.59. The van der Waals surface area contributed by atoms with Crippen molar-refractivity contribution in [2.75, 3.05) is 39.6 Å². The van der Waals surface area contributed by atoms with Crippen LogP contribution in [-0.4, -0.2) is 115 Å². The van der Waals surface area contributed by atoms with Gasteiger partial charge in [-0.1, -0.05) is 51.1 Å². The van der Waals surface area contributed by atoms with Crippen molar-refractivity contribution in [2.45, 2.75) is 140 Å². The summed E-state index contributed by atoms with van der Waals surface area (Å²) in [6.07, 6.45) is 4.57. The van der Waals surface area contributed by atoms with Gasteiger partial charge in [-0.25, -0.2) is 0 Å². The first kappa shape index (κ1) is 38.9. The van der Waals surface area contributed by atoms with E-state index in [1.165, 1.54) is 0 Å². The van der Waals surface area contributed by atoms with E-state index in [0.29, 0.717) is 26.2 Å². The molecule has 0 aromatic heterocycles. The molecule has 4 saturated heterocycles. The molecular weight excluding hydrogens is 681 g/mol. The summed E-state index contributed by atoms with van der Waals surface area (Å²) in [6, 6.07) is 11.4. The third-order valence-electron chi connectivity index (χ3n) is 9.88. The molecule has 14 heteroatoms. The average molecular weight is 743 g/mol. The van der Waals surface area contributed by atoms with Gasteiger partial charge in [0.05, 0.1) is 56.8 Å². The van der Waals surface area contributed by atoms with Crippen LogP contribution in [0.4, 0.5) is 0 Å². The van der Waals surface area contributed by atoms with Crippen LogP contribution in [0.15, 0.2) is 30.3 Å². The molecule has 5 rings (SSSR count). The minimum absolute atomic E-state index is 0.00166. The van der Waals surface area contributed by atoms with E-state index >= 15 is 0 Å². The predicted molar refractivity (Wildman–Crippen MR) is 195 cm³/mol. The zero-order valence-corrected chi connectivity index (χ0v) is 34.9. The van der Waals surface area contributed by atoms with E-state index in [4.69, 9.17) is 45.8 Å². The number of rotatable bonds is 22. The molecular formula is C34H62O10Si4. The summed E-state index contributed by atoms with van der Waals surface area (Å²) < 4.78 is 65.9. The maximum Gasteiger partial charge on any atom is 0.366 e. The van der Waals surface area contributed by atoms with Crippen LogP contribution in [0.3, 0.4) is 0 Å². The first-order valence-electron chi connectivity index (χ1n) is 18.3. The molecule has 0 bridgehead atoms. The van der Waals surface area contributed by atoms with Crippen LogP contribution in [0.5, 0.6) is 0 Å². The van der Waals surface area contributed by atoms with Crippen LogP contribution in [0.1, 0.15) is 52.9 Å². The van der Waals surface area contributed by atoms with Crippen molar-refractivity contribution in [1.82, 2.24) is 0 Å². The van der Waals surface area contributed by atoms with Crippen molar-refractivity contribution in [3.63, 3.8) is 0 Å². The van der Waals surface area contributed by atoms with Crippen molar-refractivity contribution in [3.05, 3.63) is 30.3 Å². The summed E-state index contributed by atoms with van der Waals surface area (Å²) in [6.45, 7) is 24.1. The molecule has 0 amide bonds. The Hall–Kier alpha value is -0.312. The summed E-state index contributed by atoms with van der Waals surface area (Å²) in [4.78, 5) is 0. The van der Waals surface area contributed by atoms with E-state index < -0.39 is 39.5 Å². The Balaban J connectivity index is 1.49. The average Bonchev–Trinajstić information content (AvgIpc) is 3.87. The van der Waals surface area contributed by atoms with Crippen molar-refractivity contribution in [1.29, 1.82) is 0 Å². The van der Waals surface area contributed by atoms with Crippen molar-refractivity contribution in [3.8, 4) is 0 Å². The summed E-state index contributed by atoms with van der Waals surface area (Å²) in [5.74, 6) is -1.29. The summed E-state index contributed by atoms with van der Waals surface area (Å²) in [7, 11) is -10.9. The highest BCUT2D eigenvalue weighted by atomic mass is 28.4. The van der Waals surface area contributed by atoms with Gasteiger partial charge in [0.25, 0.3) is 5.97 Å². The molecule has 1 aromatic rings. The van der Waals surface area contributed by atoms with Crippen molar-refractivity contribution < 1.29 is 45.8 Å². The summed E-state index contributed by atoms with van der Waals surface area (Å²) in [5.41, 5.74) is -0.104. The molecule has 4 aliphatic rings. The molecule has 274 valence electrons. The van der Waals surface area contributed by atoms with Crippen LogP contribution >= 0.6 is 0 Å². The number of hydrogen-bond donors (Lipinski definition) is 0. The molecule has 0 N–H and O–H groups in total. The first-order chi connectivity index (χ1) is 22.8. The van der Waals surface area contributed by atoms with Crippen LogP contribution in [0.25, 0.3) is 0 Å². The zero-order valence-electron chi connectivity index (χ0n) is 30.9. The van der Waals surface area contributed by atoms with E-state index in [2.05, 4.69) is 90.4 Å². The van der Waals surface area contributed by atoms with E-state index in [-0.39, 0.29) is 35.5 Å². The van der Waals surface area contributed by atoms with Crippen LogP contribution in [0, 0.1) is 0 Å². The Morgan fingerprint density at radius 1 is 0.688 bits per heavy atom. The lowest BCUT2D eigenvalue weighted by Gasteiger charge is -2.53. The second-order valence-corrected chi connectivity index (χ2v) is 31.0. The van der Waals surface area contributed by atoms with Crippen molar-refractivity contribution >= 4 is 38.7 Å². The molecule has 0 aliphatic carbocycles. The molecule has 10 nitrogen and oxygen atoms in total.